The van der Waals surface area contributed by atoms with Gasteiger partial charge in [0.1, 0.15) is 0 Å². The van der Waals surface area contributed by atoms with E-state index in [1.165, 1.54) is 12.1 Å². The Morgan fingerprint density at radius 1 is 1.27 bits per heavy atom. The summed E-state index contributed by atoms with van der Waals surface area (Å²) in [6, 6.07) is 3.85. The molecule has 0 fully saturated rings. The minimum atomic E-state index is -3.79. The molecule has 0 spiro atoms. The Bertz CT molecular complexity index is 690. The Balaban J connectivity index is 2.85. The molecule has 0 aliphatic heterocycles. The van der Waals surface area contributed by atoms with Crippen molar-refractivity contribution >= 4 is 21.7 Å². The van der Waals surface area contributed by atoms with Gasteiger partial charge in [0, 0.05) is 32.0 Å². The van der Waals surface area contributed by atoms with Crippen LogP contribution in [-0.2, 0) is 19.5 Å². The summed E-state index contributed by atoms with van der Waals surface area (Å²) < 4.78 is 37.5. The average Bonchev–Trinajstić information content (AvgIpc) is 2.54. The molecular weight excluding hydrogens is 360 g/mol. The summed E-state index contributed by atoms with van der Waals surface area (Å²) in [6.07, 6.45) is 0.613. The molecule has 26 heavy (non-hydrogen) atoms. The standard InChI is InChI=1S/C17H28N2O6S/c1-12(2)25-9-5-8-18-26(22,23)14-6-7-16(15(10-14)17(20)21)19-13(3)11-24-4/h6-7,10,12-13,18-19H,5,8-9,11H2,1-4H3,(H,20,21). The van der Waals surface area contributed by atoms with Gasteiger partial charge in [-0.15, -0.1) is 0 Å². The Morgan fingerprint density at radius 2 is 1.96 bits per heavy atom. The number of hydrogen-bond acceptors (Lipinski definition) is 6. The van der Waals surface area contributed by atoms with Gasteiger partial charge in [0.25, 0.3) is 0 Å². The quantitative estimate of drug-likeness (QED) is 0.469. The van der Waals surface area contributed by atoms with E-state index in [-0.39, 0.29) is 29.1 Å². The monoisotopic (exact) mass is 388 g/mol. The maximum Gasteiger partial charge on any atom is 0.337 e. The van der Waals surface area contributed by atoms with Gasteiger partial charge in [0.2, 0.25) is 10.0 Å². The number of benzene rings is 1. The Labute approximate surface area is 154 Å². The lowest BCUT2D eigenvalue weighted by Gasteiger charge is -2.17. The van der Waals surface area contributed by atoms with Crippen LogP contribution in [0.25, 0.3) is 0 Å². The van der Waals surface area contributed by atoms with Crippen molar-refractivity contribution in [3.63, 3.8) is 0 Å². The average molecular weight is 388 g/mol. The summed E-state index contributed by atoms with van der Waals surface area (Å²) in [6.45, 7) is 6.68. The first-order valence-electron chi connectivity index (χ1n) is 8.41. The minimum absolute atomic E-state index is 0.0882. The van der Waals surface area contributed by atoms with Crippen LogP contribution >= 0.6 is 0 Å². The van der Waals surface area contributed by atoms with Crippen molar-refractivity contribution in [1.29, 1.82) is 0 Å². The molecule has 1 aromatic carbocycles. The van der Waals surface area contributed by atoms with E-state index >= 15 is 0 Å². The van der Waals surface area contributed by atoms with Crippen LogP contribution in [-0.4, -0.2) is 58.5 Å². The lowest BCUT2D eigenvalue weighted by atomic mass is 10.1. The smallest absolute Gasteiger partial charge is 0.337 e. The predicted molar refractivity (Wildman–Crippen MR) is 99.3 cm³/mol. The molecule has 0 aliphatic carbocycles. The molecule has 1 rings (SSSR count). The summed E-state index contributed by atoms with van der Waals surface area (Å²) in [5.74, 6) is -1.21. The van der Waals surface area contributed by atoms with Crippen molar-refractivity contribution in [2.75, 3.05) is 32.2 Å². The van der Waals surface area contributed by atoms with Gasteiger partial charge < -0.3 is 19.9 Å². The lowest BCUT2D eigenvalue weighted by molar-refractivity contribution is 0.0697. The number of nitrogens with one attached hydrogen (secondary N) is 2. The van der Waals surface area contributed by atoms with Gasteiger partial charge in [-0.05, 0) is 45.4 Å². The van der Waals surface area contributed by atoms with Crippen molar-refractivity contribution in [3.8, 4) is 0 Å². The van der Waals surface area contributed by atoms with E-state index in [0.717, 1.165) is 6.07 Å². The summed E-state index contributed by atoms with van der Waals surface area (Å²) in [4.78, 5) is 11.4. The van der Waals surface area contributed by atoms with Crippen molar-refractivity contribution in [3.05, 3.63) is 23.8 Å². The third-order valence-corrected chi connectivity index (χ3v) is 4.87. The van der Waals surface area contributed by atoms with E-state index in [9.17, 15) is 18.3 Å². The fourth-order valence-electron chi connectivity index (χ4n) is 2.23. The molecule has 0 heterocycles. The number of anilines is 1. The highest BCUT2D eigenvalue weighted by Gasteiger charge is 2.19. The molecule has 0 aliphatic rings. The molecule has 148 valence electrons. The zero-order valence-electron chi connectivity index (χ0n) is 15.6. The predicted octanol–water partition coefficient (Wildman–Crippen LogP) is 1.93. The van der Waals surface area contributed by atoms with E-state index in [0.29, 0.717) is 25.3 Å². The molecule has 0 amide bonds. The fraction of sp³-hybridized carbons (Fsp3) is 0.588. The first kappa shape index (κ1) is 22.4. The van der Waals surface area contributed by atoms with Gasteiger partial charge in [-0.3, -0.25) is 0 Å². The second-order valence-corrected chi connectivity index (χ2v) is 7.95. The van der Waals surface area contributed by atoms with Crippen LogP contribution in [0.1, 0.15) is 37.6 Å². The van der Waals surface area contributed by atoms with E-state index in [1.54, 1.807) is 7.11 Å². The first-order chi connectivity index (χ1) is 12.2. The first-order valence-corrected chi connectivity index (χ1v) is 9.89. The van der Waals surface area contributed by atoms with Crippen molar-refractivity contribution < 1.29 is 27.8 Å². The molecule has 3 N–H and O–H groups in total. The Kier molecular flexibility index (Phi) is 9.00. The summed E-state index contributed by atoms with van der Waals surface area (Å²) in [5, 5.41) is 12.4. The third kappa shape index (κ3) is 7.28. The van der Waals surface area contributed by atoms with Gasteiger partial charge >= 0.3 is 5.97 Å². The van der Waals surface area contributed by atoms with E-state index in [2.05, 4.69) is 10.0 Å². The van der Waals surface area contributed by atoms with Gasteiger partial charge in [0.15, 0.2) is 0 Å². The topological polar surface area (TPSA) is 114 Å². The normalized spacial score (nSPS) is 13.0. The van der Waals surface area contributed by atoms with Crippen molar-refractivity contribution in [1.82, 2.24) is 4.72 Å². The van der Waals surface area contributed by atoms with Crippen LogP contribution in [0, 0.1) is 0 Å². The molecule has 1 unspecified atom stereocenters. The Morgan fingerprint density at radius 3 is 2.54 bits per heavy atom. The van der Waals surface area contributed by atoms with Crippen LogP contribution in [0.3, 0.4) is 0 Å². The van der Waals surface area contributed by atoms with E-state index in [1.807, 2.05) is 20.8 Å². The zero-order valence-corrected chi connectivity index (χ0v) is 16.4. The summed E-state index contributed by atoms with van der Waals surface area (Å²) in [7, 11) is -2.25. The van der Waals surface area contributed by atoms with Gasteiger partial charge in [-0.1, -0.05) is 0 Å². The van der Waals surface area contributed by atoms with Crippen LogP contribution < -0.4 is 10.0 Å². The highest BCUT2D eigenvalue weighted by atomic mass is 32.2. The number of hydrogen-bond donors (Lipinski definition) is 3. The van der Waals surface area contributed by atoms with Crippen LogP contribution in [0.2, 0.25) is 0 Å². The number of aromatic carboxylic acids is 1. The van der Waals surface area contributed by atoms with E-state index in [4.69, 9.17) is 9.47 Å². The van der Waals surface area contributed by atoms with Crippen LogP contribution in [0.4, 0.5) is 5.69 Å². The number of carboxylic acid groups (broad SMARTS) is 1. The Hall–Kier alpha value is -1.68. The molecule has 1 aromatic rings. The molecule has 0 bridgehead atoms. The molecule has 9 heteroatoms. The minimum Gasteiger partial charge on any atom is -0.478 e. The molecule has 0 saturated heterocycles. The highest BCUT2D eigenvalue weighted by molar-refractivity contribution is 7.89. The number of methoxy groups -OCH3 is 1. The molecular formula is C17H28N2O6S. The van der Waals surface area contributed by atoms with E-state index < -0.39 is 16.0 Å². The molecule has 8 nitrogen and oxygen atoms in total. The molecule has 0 aromatic heterocycles. The maximum absolute atomic E-state index is 12.4. The third-order valence-electron chi connectivity index (χ3n) is 3.41. The molecule has 0 radical (unpaired) electrons. The van der Waals surface area contributed by atoms with Crippen LogP contribution in [0.5, 0.6) is 0 Å². The lowest BCUT2D eigenvalue weighted by Crippen LogP contribution is -2.26. The highest BCUT2D eigenvalue weighted by Crippen LogP contribution is 2.21. The maximum atomic E-state index is 12.4. The number of sulfonamides is 1. The number of rotatable bonds is 12. The second-order valence-electron chi connectivity index (χ2n) is 6.18. The molecule has 1 atom stereocenters. The molecule has 0 saturated carbocycles. The SMILES string of the molecule is COCC(C)Nc1ccc(S(=O)(=O)NCCCOC(C)C)cc1C(=O)O. The fourth-order valence-corrected chi connectivity index (χ4v) is 3.33. The number of carbonyl (C=O) groups is 1. The van der Waals surface area contributed by atoms with Crippen LogP contribution in [0.15, 0.2) is 23.1 Å². The van der Waals surface area contributed by atoms with Gasteiger partial charge in [0.05, 0.1) is 23.2 Å². The zero-order chi connectivity index (χ0) is 19.7. The number of ether oxygens (including phenoxy) is 2. The van der Waals surface area contributed by atoms with Gasteiger partial charge in [-0.2, -0.15) is 0 Å². The van der Waals surface area contributed by atoms with Gasteiger partial charge in [-0.25, -0.2) is 17.9 Å². The largest absolute Gasteiger partial charge is 0.478 e. The second kappa shape index (κ2) is 10.5. The summed E-state index contributed by atoms with van der Waals surface area (Å²) in [5.41, 5.74) is 0.227. The van der Waals surface area contributed by atoms with Crippen molar-refractivity contribution in [2.45, 2.75) is 44.2 Å². The van der Waals surface area contributed by atoms with Crippen molar-refractivity contribution in [2.24, 2.45) is 0 Å². The summed E-state index contributed by atoms with van der Waals surface area (Å²) >= 11 is 0. The number of carboxylic acids is 1.